The summed E-state index contributed by atoms with van der Waals surface area (Å²) in [6.45, 7) is 1.71. The third kappa shape index (κ3) is 3.26. The first-order chi connectivity index (χ1) is 10.0. The highest BCUT2D eigenvalue weighted by Gasteiger charge is 2.21. The van der Waals surface area contributed by atoms with Crippen molar-refractivity contribution in [1.29, 1.82) is 0 Å². The Balaban J connectivity index is 2.13. The van der Waals surface area contributed by atoms with Crippen LogP contribution < -0.4 is 5.32 Å². The van der Waals surface area contributed by atoms with Crippen LogP contribution in [0.4, 0.5) is 5.69 Å². The molecule has 0 radical (unpaired) electrons. The van der Waals surface area contributed by atoms with Crippen molar-refractivity contribution in [2.75, 3.05) is 12.4 Å². The molecule has 0 spiro atoms. The maximum atomic E-state index is 12.2. The normalized spacial score (nSPS) is 12.1. The molecule has 112 valence electrons. The van der Waals surface area contributed by atoms with Gasteiger partial charge in [0.25, 0.3) is 5.91 Å². The van der Waals surface area contributed by atoms with E-state index >= 15 is 0 Å². The van der Waals surface area contributed by atoms with E-state index in [1.54, 1.807) is 6.20 Å². The average molecular weight is 293 g/mol. The van der Waals surface area contributed by atoms with E-state index in [2.05, 4.69) is 15.5 Å². The van der Waals surface area contributed by atoms with Crippen LogP contribution in [0.2, 0.25) is 0 Å². The largest absolute Gasteiger partial charge is 0.480 e. The lowest BCUT2D eigenvalue weighted by Gasteiger charge is -2.10. The summed E-state index contributed by atoms with van der Waals surface area (Å²) in [5, 5.41) is 19.5. The Hall–Kier alpha value is -2.68. The van der Waals surface area contributed by atoms with Crippen molar-refractivity contribution < 1.29 is 19.4 Å². The predicted molar refractivity (Wildman–Crippen MR) is 71.8 cm³/mol. The monoisotopic (exact) mass is 293 g/mol. The van der Waals surface area contributed by atoms with Gasteiger partial charge in [0.1, 0.15) is 18.5 Å². The third-order valence-corrected chi connectivity index (χ3v) is 2.78. The van der Waals surface area contributed by atoms with Gasteiger partial charge in [-0.05, 0) is 13.0 Å². The summed E-state index contributed by atoms with van der Waals surface area (Å²) in [6.07, 6.45) is 4.45. The number of aliphatic carboxylic acids is 1. The van der Waals surface area contributed by atoms with Gasteiger partial charge < -0.3 is 15.2 Å². The molecule has 0 fully saturated rings. The molecular formula is C12H15N5O4. The minimum atomic E-state index is -1.07. The van der Waals surface area contributed by atoms with Crippen LogP contribution in [0.15, 0.2) is 24.7 Å². The Labute approximate surface area is 120 Å². The van der Waals surface area contributed by atoms with Gasteiger partial charge in [0, 0.05) is 13.3 Å². The zero-order valence-corrected chi connectivity index (χ0v) is 11.6. The molecule has 1 amide bonds. The Kier molecular flexibility index (Phi) is 4.33. The first-order valence-corrected chi connectivity index (χ1v) is 6.12. The number of carbonyl (C=O) groups is 2. The fourth-order valence-corrected chi connectivity index (χ4v) is 1.73. The van der Waals surface area contributed by atoms with Crippen molar-refractivity contribution in [2.45, 2.75) is 19.7 Å². The van der Waals surface area contributed by atoms with Crippen LogP contribution >= 0.6 is 0 Å². The van der Waals surface area contributed by atoms with Crippen LogP contribution in [0, 0.1) is 0 Å². The van der Waals surface area contributed by atoms with Crippen LogP contribution in [0.3, 0.4) is 0 Å². The van der Waals surface area contributed by atoms with E-state index in [0.29, 0.717) is 5.69 Å². The first kappa shape index (κ1) is 14.7. The minimum absolute atomic E-state index is 0.157. The van der Waals surface area contributed by atoms with Gasteiger partial charge in [0.15, 0.2) is 0 Å². The number of ether oxygens (including phenoxy) is 1. The summed E-state index contributed by atoms with van der Waals surface area (Å²) in [5.41, 5.74) is 0.636. The molecule has 0 aromatic carbocycles. The van der Waals surface area contributed by atoms with Gasteiger partial charge in [0.2, 0.25) is 0 Å². The van der Waals surface area contributed by atoms with Gasteiger partial charge in [-0.3, -0.25) is 4.79 Å². The Morgan fingerprint density at radius 2 is 2.24 bits per heavy atom. The number of hydrogen-bond acceptors (Lipinski definition) is 5. The van der Waals surface area contributed by atoms with E-state index in [1.165, 1.54) is 37.2 Å². The van der Waals surface area contributed by atoms with E-state index < -0.39 is 17.9 Å². The number of hydrogen-bond donors (Lipinski definition) is 2. The van der Waals surface area contributed by atoms with Crippen LogP contribution in [0.5, 0.6) is 0 Å². The molecule has 2 aromatic heterocycles. The molecule has 21 heavy (non-hydrogen) atoms. The quantitative estimate of drug-likeness (QED) is 0.806. The summed E-state index contributed by atoms with van der Waals surface area (Å²) in [5.74, 6) is -1.53. The number of carbonyl (C=O) groups excluding carboxylic acids is 1. The summed E-state index contributed by atoms with van der Waals surface area (Å²) >= 11 is 0. The summed E-state index contributed by atoms with van der Waals surface area (Å²) < 4.78 is 7.56. The molecule has 1 atom stereocenters. The molecule has 0 aliphatic carbocycles. The van der Waals surface area contributed by atoms with Gasteiger partial charge in [-0.15, -0.1) is 0 Å². The number of methoxy groups -OCH3 is 1. The maximum absolute atomic E-state index is 12.2. The number of nitrogens with zero attached hydrogens (tertiary/aromatic N) is 4. The molecule has 2 N–H and O–H groups in total. The summed E-state index contributed by atoms with van der Waals surface area (Å²) in [7, 11) is 1.53. The van der Waals surface area contributed by atoms with Gasteiger partial charge in [-0.25, -0.2) is 14.2 Å². The average Bonchev–Trinajstić information content (AvgIpc) is 3.07. The van der Waals surface area contributed by atoms with Crippen molar-refractivity contribution in [3.05, 3.63) is 30.4 Å². The number of nitrogens with one attached hydrogen (secondary N) is 1. The molecular weight excluding hydrogens is 278 g/mol. The fraction of sp³-hybridized carbons (Fsp3) is 0.333. The highest BCUT2D eigenvalue weighted by atomic mass is 16.5. The van der Waals surface area contributed by atoms with E-state index in [9.17, 15) is 9.59 Å². The second kappa shape index (κ2) is 6.18. The van der Waals surface area contributed by atoms with Gasteiger partial charge in [-0.1, -0.05) is 0 Å². The summed E-state index contributed by atoms with van der Waals surface area (Å²) in [4.78, 5) is 23.1. The van der Waals surface area contributed by atoms with Gasteiger partial charge in [-0.2, -0.15) is 10.2 Å². The smallest absolute Gasteiger partial charge is 0.328 e. The topological polar surface area (TPSA) is 111 Å². The standard InChI is InChI=1S/C12H15N5O4/c1-8(12(19)20)17-10(3-4-13-17)11(18)15-9-5-14-16(6-9)7-21-2/h3-6,8H,7H2,1-2H3,(H,15,18)(H,19,20). The lowest BCUT2D eigenvalue weighted by atomic mass is 10.3. The molecule has 0 saturated carbocycles. The molecule has 2 heterocycles. The number of rotatable bonds is 6. The molecule has 0 aliphatic rings. The van der Waals surface area contributed by atoms with Crippen molar-refractivity contribution in [3.8, 4) is 0 Å². The Bertz CT molecular complexity index is 648. The van der Waals surface area contributed by atoms with Crippen molar-refractivity contribution in [1.82, 2.24) is 19.6 Å². The second-order valence-corrected chi connectivity index (χ2v) is 4.32. The van der Waals surface area contributed by atoms with Gasteiger partial charge >= 0.3 is 5.97 Å². The molecule has 0 bridgehead atoms. The second-order valence-electron chi connectivity index (χ2n) is 4.32. The number of carboxylic acid groups (broad SMARTS) is 1. The highest BCUT2D eigenvalue weighted by Crippen LogP contribution is 2.12. The summed E-state index contributed by atoms with van der Waals surface area (Å²) in [6, 6.07) is 0.519. The van der Waals surface area contributed by atoms with E-state index in [4.69, 9.17) is 9.84 Å². The zero-order chi connectivity index (χ0) is 15.4. The number of carboxylic acids is 1. The molecule has 9 nitrogen and oxygen atoms in total. The Morgan fingerprint density at radius 3 is 2.90 bits per heavy atom. The fourth-order valence-electron chi connectivity index (χ4n) is 1.73. The van der Waals surface area contributed by atoms with Crippen molar-refractivity contribution >= 4 is 17.6 Å². The molecule has 1 unspecified atom stereocenters. The third-order valence-electron chi connectivity index (χ3n) is 2.78. The SMILES string of the molecule is COCn1cc(NC(=O)c2ccnn2C(C)C(=O)O)cn1. The van der Waals surface area contributed by atoms with Crippen LogP contribution in [0.1, 0.15) is 23.5 Å². The molecule has 2 aromatic rings. The molecule has 9 heteroatoms. The van der Waals surface area contributed by atoms with Crippen LogP contribution in [0.25, 0.3) is 0 Å². The van der Waals surface area contributed by atoms with E-state index in [-0.39, 0.29) is 12.4 Å². The lowest BCUT2D eigenvalue weighted by Crippen LogP contribution is -2.24. The highest BCUT2D eigenvalue weighted by molar-refractivity contribution is 6.03. The number of aromatic nitrogens is 4. The van der Waals surface area contributed by atoms with E-state index in [0.717, 1.165) is 4.68 Å². The van der Waals surface area contributed by atoms with Gasteiger partial charge in [0.05, 0.1) is 18.1 Å². The number of anilines is 1. The van der Waals surface area contributed by atoms with Crippen LogP contribution in [-0.4, -0.2) is 43.7 Å². The van der Waals surface area contributed by atoms with Crippen molar-refractivity contribution in [2.24, 2.45) is 0 Å². The van der Waals surface area contributed by atoms with E-state index in [1.807, 2.05) is 0 Å². The predicted octanol–water partition coefficient (Wildman–Crippen LogP) is 0.581. The van der Waals surface area contributed by atoms with Crippen molar-refractivity contribution in [3.63, 3.8) is 0 Å². The zero-order valence-electron chi connectivity index (χ0n) is 11.6. The Morgan fingerprint density at radius 1 is 1.48 bits per heavy atom. The molecule has 0 aliphatic heterocycles. The number of amides is 1. The minimum Gasteiger partial charge on any atom is -0.480 e. The molecule has 0 saturated heterocycles. The van der Waals surface area contributed by atoms with Crippen LogP contribution in [-0.2, 0) is 16.3 Å². The first-order valence-electron chi connectivity index (χ1n) is 6.12. The maximum Gasteiger partial charge on any atom is 0.328 e. The molecule has 2 rings (SSSR count). The lowest BCUT2D eigenvalue weighted by molar-refractivity contribution is -0.140.